The van der Waals surface area contributed by atoms with Crippen molar-refractivity contribution in [3.8, 4) is 11.5 Å². The molecule has 214 valence electrons. The first kappa shape index (κ1) is 30.5. The fourth-order valence-electron chi connectivity index (χ4n) is 6.61. The number of carbonyl (C=O) groups is 1. The fraction of sp³-hybridized carbons (Fsp3) is 0.727. The Balaban J connectivity index is 1.77. The molecule has 1 aromatic carbocycles. The molecule has 2 aliphatic rings. The molecule has 0 bridgehead atoms. The molecule has 1 N–H and O–H groups in total. The summed E-state index contributed by atoms with van der Waals surface area (Å²) < 4.78 is 13.1. The Morgan fingerprint density at radius 3 is 2.42 bits per heavy atom. The molecule has 5 nitrogen and oxygen atoms in total. The van der Waals surface area contributed by atoms with E-state index in [2.05, 4.69) is 67.5 Å². The van der Waals surface area contributed by atoms with Gasteiger partial charge in [-0.1, -0.05) is 52.5 Å². The highest BCUT2D eigenvalue weighted by molar-refractivity contribution is 5.70. The maximum Gasteiger partial charge on any atom is 0.362 e. The molecule has 0 unspecified atom stereocenters. The third-order valence-electron chi connectivity index (χ3n) is 9.72. The third-order valence-corrected chi connectivity index (χ3v) is 9.72. The first-order chi connectivity index (χ1) is 17.9. The van der Waals surface area contributed by atoms with Crippen molar-refractivity contribution in [3.63, 3.8) is 0 Å². The van der Waals surface area contributed by atoms with Gasteiger partial charge in [0, 0.05) is 17.4 Å². The second-order valence-electron chi connectivity index (χ2n) is 12.9. The second kappa shape index (κ2) is 12.4. The number of carbonyl (C=O) groups excluding carboxylic acids is 1. The Morgan fingerprint density at radius 2 is 1.79 bits per heavy atom. The number of benzene rings is 1. The summed E-state index contributed by atoms with van der Waals surface area (Å²) in [6.07, 6.45) is 9.90. The van der Waals surface area contributed by atoms with Crippen LogP contribution in [0.3, 0.4) is 0 Å². The average molecular weight is 529 g/mol. The monoisotopic (exact) mass is 528 g/mol. The first-order valence-electron chi connectivity index (χ1n) is 15.2. The van der Waals surface area contributed by atoms with Gasteiger partial charge in [-0.2, -0.15) is 0 Å². The number of allylic oxidation sites excluding steroid dienone is 1. The first-order valence-corrected chi connectivity index (χ1v) is 15.2. The van der Waals surface area contributed by atoms with Crippen LogP contribution in [0.15, 0.2) is 23.8 Å². The summed E-state index contributed by atoms with van der Waals surface area (Å²) in [5, 5.41) is 11.3. The number of rotatable bonds is 13. The van der Waals surface area contributed by atoms with Crippen molar-refractivity contribution >= 4 is 5.97 Å². The summed E-state index contributed by atoms with van der Waals surface area (Å²) in [4.78, 5) is 12.7. The number of esters is 1. The van der Waals surface area contributed by atoms with Crippen LogP contribution in [0.25, 0.3) is 0 Å². The number of phenolic OH excluding ortho intramolecular Hbond substituents is 1. The van der Waals surface area contributed by atoms with Crippen molar-refractivity contribution in [3.05, 3.63) is 34.9 Å². The highest BCUT2D eigenvalue weighted by Crippen LogP contribution is 2.55. The highest BCUT2D eigenvalue weighted by Gasteiger charge is 2.46. The van der Waals surface area contributed by atoms with E-state index in [-0.39, 0.29) is 28.8 Å². The fourth-order valence-corrected chi connectivity index (χ4v) is 6.61. The minimum Gasteiger partial charge on any atom is -0.508 e. The number of fused-ring (bicyclic) bond motifs is 3. The highest BCUT2D eigenvalue weighted by atomic mass is 16.5. The Bertz CT molecular complexity index is 981. The number of hydrogen-bond donors (Lipinski definition) is 1. The molecular weight excluding hydrogens is 474 g/mol. The molecule has 3 rings (SSSR count). The van der Waals surface area contributed by atoms with E-state index >= 15 is 0 Å². The summed E-state index contributed by atoms with van der Waals surface area (Å²) in [7, 11) is 0. The number of likely N-dealkylation sites (N-methyl/N-ethyl adjacent to an activating group) is 1. The zero-order valence-corrected chi connectivity index (χ0v) is 25.5. The second-order valence-corrected chi connectivity index (χ2v) is 12.9. The van der Waals surface area contributed by atoms with Crippen LogP contribution < -0.4 is 4.74 Å². The van der Waals surface area contributed by atoms with E-state index in [9.17, 15) is 9.90 Å². The summed E-state index contributed by atoms with van der Waals surface area (Å²) in [6.45, 7) is 21.1. The third kappa shape index (κ3) is 6.76. The van der Waals surface area contributed by atoms with Crippen LogP contribution in [-0.4, -0.2) is 53.9 Å². The van der Waals surface area contributed by atoms with Crippen molar-refractivity contribution in [1.29, 1.82) is 0 Å². The molecule has 0 spiro atoms. The number of aromatic hydroxyl groups is 1. The van der Waals surface area contributed by atoms with Gasteiger partial charge >= 0.3 is 5.97 Å². The van der Waals surface area contributed by atoms with Gasteiger partial charge in [-0.15, -0.1) is 0 Å². The van der Waals surface area contributed by atoms with Crippen LogP contribution >= 0.6 is 0 Å². The van der Waals surface area contributed by atoms with Gasteiger partial charge < -0.3 is 19.1 Å². The smallest absolute Gasteiger partial charge is 0.362 e. The van der Waals surface area contributed by atoms with Crippen molar-refractivity contribution in [2.24, 2.45) is 5.92 Å². The SMILES string of the molecule is CCCCCCC(C)(C)c1cc(O)c2c(c1)OC(C)(C)[C@H]1CC=C(COC(=O)C[N+](CC)(CC)CC)C[C@H]21. The standard InChI is InChI=1S/C33H53NO4/c1-9-13-14-15-18-32(5,6)25-20-28(35)31-26-19-24(16-17-27(26)33(7,8)38-29(31)21-25)23-37-30(36)22-34(10-2,11-3)12-4/h16,20-21,26-27H,9-15,17-19,22-23H2,1-8H3/p+1/t26-,27-/m0/s1. The van der Waals surface area contributed by atoms with Crippen LogP contribution in [-0.2, 0) is 14.9 Å². The largest absolute Gasteiger partial charge is 0.508 e. The van der Waals surface area contributed by atoms with E-state index in [1.54, 1.807) is 0 Å². The van der Waals surface area contributed by atoms with Crippen LogP contribution in [0, 0.1) is 5.92 Å². The zero-order valence-electron chi connectivity index (χ0n) is 25.5. The number of unbranched alkanes of at least 4 members (excludes halogenated alkanes) is 3. The summed E-state index contributed by atoms with van der Waals surface area (Å²) in [5.41, 5.74) is 2.85. The van der Waals surface area contributed by atoms with Gasteiger partial charge in [-0.25, -0.2) is 4.79 Å². The van der Waals surface area contributed by atoms with Gasteiger partial charge in [-0.05, 0) is 82.6 Å². The molecule has 0 radical (unpaired) electrons. The number of nitrogens with zero attached hydrogens (tertiary/aromatic N) is 1. The summed E-state index contributed by atoms with van der Waals surface area (Å²) >= 11 is 0. The molecule has 0 saturated heterocycles. The van der Waals surface area contributed by atoms with Gasteiger partial charge in [0.25, 0.3) is 0 Å². The molecule has 5 heteroatoms. The van der Waals surface area contributed by atoms with E-state index in [0.717, 1.165) is 65.8 Å². The number of hydrogen-bond acceptors (Lipinski definition) is 4. The summed E-state index contributed by atoms with van der Waals surface area (Å²) in [6, 6.07) is 4.16. The molecule has 1 aliphatic heterocycles. The number of ether oxygens (including phenoxy) is 2. The van der Waals surface area contributed by atoms with E-state index in [4.69, 9.17) is 9.47 Å². The topological polar surface area (TPSA) is 55.8 Å². The van der Waals surface area contributed by atoms with Crippen molar-refractivity contribution in [2.75, 3.05) is 32.8 Å². The van der Waals surface area contributed by atoms with Crippen molar-refractivity contribution in [2.45, 2.75) is 117 Å². The predicted molar refractivity (Wildman–Crippen MR) is 156 cm³/mol. The van der Waals surface area contributed by atoms with Crippen LogP contribution in [0.2, 0.25) is 0 Å². The molecule has 2 atom stereocenters. The Kier molecular flexibility index (Phi) is 10.00. The van der Waals surface area contributed by atoms with Gasteiger partial charge in [-0.3, -0.25) is 0 Å². The number of quaternary nitrogens is 1. The predicted octanol–water partition coefficient (Wildman–Crippen LogP) is 7.65. The average Bonchev–Trinajstić information content (AvgIpc) is 2.88. The minimum atomic E-state index is -0.340. The van der Waals surface area contributed by atoms with Crippen LogP contribution in [0.1, 0.15) is 117 Å². The zero-order chi connectivity index (χ0) is 28.1. The van der Waals surface area contributed by atoms with E-state index in [0.29, 0.717) is 18.9 Å². The molecule has 1 aromatic rings. The number of phenols is 1. The molecule has 0 fully saturated rings. The Morgan fingerprint density at radius 1 is 1.11 bits per heavy atom. The van der Waals surface area contributed by atoms with Crippen LogP contribution in [0.5, 0.6) is 11.5 Å². The lowest BCUT2D eigenvalue weighted by Crippen LogP contribution is -2.51. The quantitative estimate of drug-likeness (QED) is 0.124. The molecule has 0 saturated carbocycles. The van der Waals surface area contributed by atoms with Crippen LogP contribution in [0.4, 0.5) is 0 Å². The Labute approximate surface area is 232 Å². The van der Waals surface area contributed by atoms with Gasteiger partial charge in [0.15, 0.2) is 6.54 Å². The lowest BCUT2D eigenvalue weighted by Gasteiger charge is -2.47. The minimum absolute atomic E-state index is 0.0281. The molecule has 38 heavy (non-hydrogen) atoms. The van der Waals surface area contributed by atoms with E-state index < -0.39 is 0 Å². The molecular formula is C33H54NO4+. The van der Waals surface area contributed by atoms with Gasteiger partial charge in [0.05, 0.1) is 19.6 Å². The molecule has 0 aromatic heterocycles. The van der Waals surface area contributed by atoms with E-state index in [1.165, 1.54) is 25.7 Å². The molecule has 1 heterocycles. The van der Waals surface area contributed by atoms with Gasteiger partial charge in [0.1, 0.15) is 23.7 Å². The summed E-state index contributed by atoms with van der Waals surface area (Å²) in [5.74, 6) is 1.45. The van der Waals surface area contributed by atoms with Crippen molar-refractivity contribution < 1.29 is 23.9 Å². The normalized spacial score (nSPS) is 20.7. The van der Waals surface area contributed by atoms with E-state index in [1.807, 2.05) is 6.07 Å². The Hall–Kier alpha value is -2.01. The maximum absolute atomic E-state index is 12.7. The van der Waals surface area contributed by atoms with Gasteiger partial charge in [0.2, 0.25) is 0 Å². The molecule has 1 aliphatic carbocycles. The van der Waals surface area contributed by atoms with Crippen molar-refractivity contribution in [1.82, 2.24) is 0 Å². The molecule has 0 amide bonds. The maximum atomic E-state index is 12.7. The lowest BCUT2D eigenvalue weighted by molar-refractivity contribution is -0.916. The lowest BCUT2D eigenvalue weighted by atomic mass is 9.66.